The molecule has 0 aliphatic rings. The van der Waals surface area contributed by atoms with Gasteiger partial charge in [0, 0.05) is 29.4 Å². The van der Waals surface area contributed by atoms with Crippen molar-refractivity contribution in [2.45, 2.75) is 39.7 Å². The highest BCUT2D eigenvalue weighted by Gasteiger charge is 2.14. The molecule has 7 nitrogen and oxygen atoms in total. The van der Waals surface area contributed by atoms with Gasteiger partial charge < -0.3 is 11.1 Å². The minimum absolute atomic E-state index is 0. The number of benzene rings is 1. The van der Waals surface area contributed by atoms with E-state index in [-0.39, 0.29) is 24.9 Å². The largest absolute Gasteiger partial charge is 0.356 e. The van der Waals surface area contributed by atoms with E-state index in [9.17, 15) is 4.79 Å². The van der Waals surface area contributed by atoms with Crippen LogP contribution in [0.2, 0.25) is 5.02 Å². The van der Waals surface area contributed by atoms with Gasteiger partial charge in [0.15, 0.2) is 5.82 Å². The van der Waals surface area contributed by atoms with Crippen LogP contribution in [0, 0.1) is 13.8 Å². The molecule has 0 fully saturated rings. The molecule has 0 unspecified atom stereocenters. The van der Waals surface area contributed by atoms with Crippen molar-refractivity contribution in [1.29, 1.82) is 0 Å². The lowest BCUT2D eigenvalue weighted by Gasteiger charge is -2.10. The van der Waals surface area contributed by atoms with Gasteiger partial charge >= 0.3 is 0 Å². The lowest BCUT2D eigenvalue weighted by molar-refractivity contribution is -0.121. The van der Waals surface area contributed by atoms with Crippen molar-refractivity contribution in [1.82, 2.24) is 24.9 Å². The molecule has 9 heteroatoms. The van der Waals surface area contributed by atoms with Crippen LogP contribution in [0.25, 0.3) is 5.78 Å². The Kier molecular flexibility index (Phi) is 7.74. The van der Waals surface area contributed by atoms with E-state index < -0.39 is 0 Å². The van der Waals surface area contributed by atoms with Crippen molar-refractivity contribution in [3.63, 3.8) is 0 Å². The molecule has 1 aromatic carbocycles. The number of nitrogens with one attached hydrogen (secondary N) is 1. The molecule has 3 rings (SSSR count). The molecule has 0 bridgehead atoms. The van der Waals surface area contributed by atoms with Crippen molar-refractivity contribution in [3.8, 4) is 0 Å². The molecule has 1 amide bonds. The second-order valence-electron chi connectivity index (χ2n) is 6.43. The Morgan fingerprint density at radius 3 is 2.57 bits per heavy atom. The quantitative estimate of drug-likeness (QED) is 0.609. The summed E-state index contributed by atoms with van der Waals surface area (Å²) in [4.78, 5) is 21.0. The van der Waals surface area contributed by atoms with Gasteiger partial charge in [-0.05, 0) is 49.9 Å². The fourth-order valence-electron chi connectivity index (χ4n) is 3.02. The maximum atomic E-state index is 12.2. The third kappa shape index (κ3) is 5.19. The molecule has 2 aromatic heterocycles. The highest BCUT2D eigenvalue weighted by molar-refractivity contribution is 6.30. The van der Waals surface area contributed by atoms with E-state index in [0.717, 1.165) is 28.9 Å². The summed E-state index contributed by atoms with van der Waals surface area (Å²) in [6, 6.07) is 7.65. The number of nitrogens with zero attached hydrogens (tertiary/aromatic N) is 4. The number of carbonyl (C=O) groups is 1. The SMILES string of the molecule is Cc1nc2nc(CN)nn2c(C)c1CCC(=O)NCCc1ccc(Cl)cc1.Cl. The molecule has 0 atom stereocenters. The van der Waals surface area contributed by atoms with Gasteiger partial charge in [-0.1, -0.05) is 23.7 Å². The molecule has 0 radical (unpaired) electrons. The molecule has 0 saturated heterocycles. The molecule has 3 N–H and O–H groups in total. The summed E-state index contributed by atoms with van der Waals surface area (Å²) >= 11 is 5.88. The van der Waals surface area contributed by atoms with Crippen LogP contribution in [0.1, 0.15) is 34.8 Å². The van der Waals surface area contributed by atoms with Gasteiger partial charge in [-0.15, -0.1) is 17.5 Å². The summed E-state index contributed by atoms with van der Waals surface area (Å²) in [5, 5.41) is 8.03. The van der Waals surface area contributed by atoms with Gasteiger partial charge in [0.25, 0.3) is 5.78 Å². The van der Waals surface area contributed by atoms with E-state index in [2.05, 4.69) is 20.4 Å². The molecular formula is C19H24Cl2N6O. The number of carbonyl (C=O) groups excluding carboxylic acids is 1. The summed E-state index contributed by atoms with van der Waals surface area (Å²) < 4.78 is 1.70. The smallest absolute Gasteiger partial charge is 0.252 e. The maximum Gasteiger partial charge on any atom is 0.252 e. The fraction of sp³-hybridized carbons (Fsp3) is 0.368. The van der Waals surface area contributed by atoms with Crippen molar-refractivity contribution in [2.75, 3.05) is 6.54 Å². The summed E-state index contributed by atoms with van der Waals surface area (Å²) in [5.41, 5.74) is 9.58. The lowest BCUT2D eigenvalue weighted by Crippen LogP contribution is -2.26. The Morgan fingerprint density at radius 1 is 1.18 bits per heavy atom. The van der Waals surface area contributed by atoms with Gasteiger partial charge in [-0.2, -0.15) is 4.98 Å². The maximum absolute atomic E-state index is 12.2. The van der Waals surface area contributed by atoms with Crippen molar-refractivity contribution >= 4 is 35.7 Å². The molecule has 2 heterocycles. The zero-order valence-corrected chi connectivity index (χ0v) is 17.5. The average molecular weight is 423 g/mol. The Hall–Kier alpha value is -2.22. The van der Waals surface area contributed by atoms with Crippen LogP contribution >= 0.6 is 24.0 Å². The number of aryl methyl sites for hydroxylation is 2. The van der Waals surface area contributed by atoms with E-state index in [1.807, 2.05) is 38.1 Å². The van der Waals surface area contributed by atoms with Gasteiger partial charge in [-0.25, -0.2) is 9.50 Å². The Balaban J connectivity index is 0.00000280. The predicted molar refractivity (Wildman–Crippen MR) is 112 cm³/mol. The van der Waals surface area contributed by atoms with Crippen LogP contribution in [0.15, 0.2) is 24.3 Å². The first-order chi connectivity index (χ1) is 13.0. The highest BCUT2D eigenvalue weighted by Crippen LogP contribution is 2.15. The van der Waals surface area contributed by atoms with E-state index in [0.29, 0.717) is 36.0 Å². The van der Waals surface area contributed by atoms with Crippen LogP contribution in [0.4, 0.5) is 0 Å². The number of aromatic nitrogens is 4. The van der Waals surface area contributed by atoms with Gasteiger partial charge in [0.1, 0.15) is 0 Å². The third-order valence-corrected chi connectivity index (χ3v) is 4.78. The molecular weight excluding hydrogens is 399 g/mol. The van der Waals surface area contributed by atoms with Crippen LogP contribution in [-0.4, -0.2) is 32.0 Å². The molecule has 3 aromatic rings. The Labute approximate surface area is 175 Å². The van der Waals surface area contributed by atoms with E-state index in [1.165, 1.54) is 0 Å². The van der Waals surface area contributed by atoms with Crippen LogP contribution in [0.3, 0.4) is 0 Å². The van der Waals surface area contributed by atoms with Crippen molar-refractivity contribution < 1.29 is 4.79 Å². The first-order valence-electron chi connectivity index (χ1n) is 8.91. The summed E-state index contributed by atoms with van der Waals surface area (Å²) in [6.07, 6.45) is 1.77. The number of rotatable bonds is 7. The molecule has 28 heavy (non-hydrogen) atoms. The lowest BCUT2D eigenvalue weighted by atomic mass is 10.1. The topological polar surface area (TPSA) is 98.2 Å². The third-order valence-electron chi connectivity index (χ3n) is 4.53. The average Bonchev–Trinajstić information content (AvgIpc) is 3.06. The van der Waals surface area contributed by atoms with Crippen molar-refractivity contribution in [2.24, 2.45) is 5.73 Å². The van der Waals surface area contributed by atoms with E-state index in [4.69, 9.17) is 17.3 Å². The molecule has 0 saturated carbocycles. The van der Waals surface area contributed by atoms with Gasteiger partial charge in [0.2, 0.25) is 5.91 Å². The monoisotopic (exact) mass is 422 g/mol. The number of hydrogen-bond donors (Lipinski definition) is 2. The first kappa shape index (κ1) is 22.1. The number of nitrogens with two attached hydrogens (primary N) is 1. The second kappa shape index (κ2) is 9.82. The zero-order valence-electron chi connectivity index (χ0n) is 15.9. The molecule has 0 aliphatic carbocycles. The van der Waals surface area contributed by atoms with Crippen LogP contribution in [-0.2, 0) is 24.2 Å². The normalized spacial score (nSPS) is 10.7. The summed E-state index contributed by atoms with van der Waals surface area (Å²) in [5.74, 6) is 1.12. The minimum atomic E-state index is 0. The van der Waals surface area contributed by atoms with Crippen LogP contribution in [0.5, 0.6) is 0 Å². The molecule has 0 spiro atoms. The summed E-state index contributed by atoms with van der Waals surface area (Å²) in [6.45, 7) is 4.76. The zero-order chi connectivity index (χ0) is 19.4. The highest BCUT2D eigenvalue weighted by atomic mass is 35.5. The Bertz CT molecular complexity index is 955. The fourth-order valence-corrected chi connectivity index (χ4v) is 3.15. The number of fused-ring (bicyclic) bond motifs is 1. The number of halogens is 2. The van der Waals surface area contributed by atoms with E-state index in [1.54, 1.807) is 4.52 Å². The van der Waals surface area contributed by atoms with Crippen molar-refractivity contribution in [3.05, 3.63) is 57.6 Å². The number of amides is 1. The number of hydrogen-bond acceptors (Lipinski definition) is 5. The standard InChI is InChI=1S/C19H23ClN6O.ClH/c1-12-16(13(2)26-19(23-12)24-17(11-21)25-26)7-8-18(27)22-10-9-14-3-5-15(20)6-4-14;/h3-6H,7-11,21H2,1-2H3,(H,22,27);1H. The summed E-state index contributed by atoms with van der Waals surface area (Å²) in [7, 11) is 0. The van der Waals surface area contributed by atoms with Crippen LogP contribution < -0.4 is 11.1 Å². The molecule has 0 aliphatic heterocycles. The second-order valence-corrected chi connectivity index (χ2v) is 6.87. The van der Waals surface area contributed by atoms with Gasteiger partial charge in [0.05, 0.1) is 6.54 Å². The molecule has 150 valence electrons. The predicted octanol–water partition coefficient (Wildman–Crippen LogP) is 2.57. The van der Waals surface area contributed by atoms with E-state index >= 15 is 0 Å². The minimum Gasteiger partial charge on any atom is -0.356 e. The Morgan fingerprint density at radius 2 is 1.89 bits per heavy atom. The van der Waals surface area contributed by atoms with Gasteiger partial charge in [-0.3, -0.25) is 4.79 Å². The first-order valence-corrected chi connectivity index (χ1v) is 9.28.